The van der Waals surface area contributed by atoms with Gasteiger partial charge >= 0.3 is 0 Å². The highest BCUT2D eigenvalue weighted by Gasteiger charge is 2.17. The van der Waals surface area contributed by atoms with E-state index in [9.17, 15) is 9.18 Å². The number of aryl methyl sites for hydroxylation is 2. The van der Waals surface area contributed by atoms with E-state index >= 15 is 0 Å². The molecule has 1 amide bonds. The van der Waals surface area contributed by atoms with Crippen LogP contribution in [-0.4, -0.2) is 10.5 Å². The van der Waals surface area contributed by atoms with Crippen LogP contribution in [0.5, 0.6) is 0 Å². The molecule has 0 unspecified atom stereocenters. The zero-order valence-electron chi connectivity index (χ0n) is 11.2. The molecule has 1 aliphatic rings. The number of amides is 1. The first-order valence-electron chi connectivity index (χ1n) is 6.59. The second kappa shape index (κ2) is 5.00. The van der Waals surface area contributed by atoms with Crippen molar-refractivity contribution in [3.05, 3.63) is 47.5 Å². The number of hydrogen-bond donors (Lipinski definition) is 2. The number of carbonyl (C=O) groups is 1. The first kappa shape index (κ1) is 12.7. The molecule has 0 saturated carbocycles. The van der Waals surface area contributed by atoms with E-state index in [1.807, 2.05) is 30.1 Å². The maximum Gasteiger partial charge on any atom is 0.224 e. The molecule has 1 aromatic heterocycles. The van der Waals surface area contributed by atoms with Crippen molar-refractivity contribution in [2.24, 2.45) is 7.05 Å². The summed E-state index contributed by atoms with van der Waals surface area (Å²) in [6.07, 6.45) is 4.94. The average molecular weight is 273 g/mol. The SMILES string of the molecule is Cn1ccc(CNc2cc3c(cc2F)CCC(=O)N3)c1. The van der Waals surface area contributed by atoms with Crippen molar-refractivity contribution in [1.29, 1.82) is 0 Å². The number of benzene rings is 1. The summed E-state index contributed by atoms with van der Waals surface area (Å²) in [7, 11) is 1.94. The Morgan fingerprint density at radius 3 is 3.00 bits per heavy atom. The predicted octanol–water partition coefficient (Wildman–Crippen LogP) is 2.66. The molecule has 2 heterocycles. The molecular weight excluding hydrogens is 257 g/mol. The molecule has 0 aliphatic carbocycles. The Hall–Kier alpha value is -2.30. The van der Waals surface area contributed by atoms with Gasteiger partial charge in [-0.3, -0.25) is 4.79 Å². The van der Waals surface area contributed by atoms with Crippen LogP contribution in [0.4, 0.5) is 15.8 Å². The average Bonchev–Trinajstić information content (AvgIpc) is 2.83. The number of aromatic nitrogens is 1. The molecule has 104 valence electrons. The topological polar surface area (TPSA) is 46.1 Å². The van der Waals surface area contributed by atoms with Crippen LogP contribution in [0.25, 0.3) is 0 Å². The van der Waals surface area contributed by atoms with Crippen LogP contribution in [0.15, 0.2) is 30.6 Å². The lowest BCUT2D eigenvalue weighted by molar-refractivity contribution is -0.116. The van der Waals surface area contributed by atoms with E-state index in [2.05, 4.69) is 10.6 Å². The summed E-state index contributed by atoms with van der Waals surface area (Å²) in [6, 6.07) is 5.15. The van der Waals surface area contributed by atoms with Gasteiger partial charge in [-0.05, 0) is 35.7 Å². The smallest absolute Gasteiger partial charge is 0.224 e. The van der Waals surface area contributed by atoms with Crippen LogP contribution in [0.1, 0.15) is 17.5 Å². The lowest BCUT2D eigenvalue weighted by Crippen LogP contribution is -2.19. The fourth-order valence-corrected chi connectivity index (χ4v) is 2.40. The summed E-state index contributed by atoms with van der Waals surface area (Å²) >= 11 is 0. The van der Waals surface area contributed by atoms with E-state index in [4.69, 9.17) is 0 Å². The fraction of sp³-hybridized carbons (Fsp3) is 0.267. The van der Waals surface area contributed by atoms with E-state index in [1.54, 1.807) is 6.07 Å². The molecule has 0 radical (unpaired) electrons. The van der Waals surface area contributed by atoms with Gasteiger partial charge in [-0.15, -0.1) is 0 Å². The fourth-order valence-electron chi connectivity index (χ4n) is 2.40. The van der Waals surface area contributed by atoms with Gasteiger partial charge in [-0.1, -0.05) is 0 Å². The molecule has 20 heavy (non-hydrogen) atoms. The Kier molecular flexibility index (Phi) is 3.18. The lowest BCUT2D eigenvalue weighted by atomic mass is 10.0. The van der Waals surface area contributed by atoms with Crippen molar-refractivity contribution >= 4 is 17.3 Å². The second-order valence-corrected chi connectivity index (χ2v) is 5.08. The molecule has 0 spiro atoms. The van der Waals surface area contributed by atoms with Crippen LogP contribution in [-0.2, 0) is 24.8 Å². The normalized spacial score (nSPS) is 13.8. The minimum atomic E-state index is -0.282. The minimum absolute atomic E-state index is 0.0156. The Balaban J connectivity index is 1.79. The molecule has 0 atom stereocenters. The summed E-state index contributed by atoms with van der Waals surface area (Å²) in [5.74, 6) is -0.297. The maximum atomic E-state index is 14.0. The van der Waals surface area contributed by atoms with Gasteiger partial charge in [0.2, 0.25) is 5.91 Å². The largest absolute Gasteiger partial charge is 0.378 e. The third-order valence-electron chi connectivity index (χ3n) is 3.46. The maximum absolute atomic E-state index is 14.0. The van der Waals surface area contributed by atoms with Gasteiger partial charge in [0, 0.05) is 38.1 Å². The van der Waals surface area contributed by atoms with E-state index in [-0.39, 0.29) is 11.7 Å². The highest BCUT2D eigenvalue weighted by atomic mass is 19.1. The molecule has 4 nitrogen and oxygen atoms in total. The van der Waals surface area contributed by atoms with Gasteiger partial charge in [0.15, 0.2) is 0 Å². The van der Waals surface area contributed by atoms with Crippen LogP contribution in [0, 0.1) is 5.82 Å². The molecular formula is C15H16FN3O. The zero-order valence-corrected chi connectivity index (χ0v) is 11.2. The van der Waals surface area contributed by atoms with Crippen LogP contribution in [0.3, 0.4) is 0 Å². The quantitative estimate of drug-likeness (QED) is 0.903. The van der Waals surface area contributed by atoms with Crippen molar-refractivity contribution in [2.75, 3.05) is 10.6 Å². The number of nitrogens with zero attached hydrogens (tertiary/aromatic N) is 1. The number of nitrogens with one attached hydrogen (secondary N) is 2. The first-order valence-corrected chi connectivity index (χ1v) is 6.59. The van der Waals surface area contributed by atoms with Crippen LogP contribution < -0.4 is 10.6 Å². The predicted molar refractivity (Wildman–Crippen MR) is 76.1 cm³/mol. The van der Waals surface area contributed by atoms with Crippen molar-refractivity contribution in [1.82, 2.24) is 4.57 Å². The molecule has 5 heteroatoms. The lowest BCUT2D eigenvalue weighted by Gasteiger charge is -2.18. The van der Waals surface area contributed by atoms with Crippen LogP contribution in [0.2, 0.25) is 0 Å². The molecule has 2 N–H and O–H groups in total. The van der Waals surface area contributed by atoms with Gasteiger partial charge in [-0.2, -0.15) is 0 Å². The minimum Gasteiger partial charge on any atom is -0.378 e. The van der Waals surface area contributed by atoms with E-state index in [0.717, 1.165) is 11.1 Å². The summed E-state index contributed by atoms with van der Waals surface area (Å²) in [5.41, 5.74) is 3.05. The van der Waals surface area contributed by atoms with E-state index < -0.39 is 0 Å². The molecule has 2 aromatic rings. The Morgan fingerprint density at radius 2 is 2.25 bits per heavy atom. The second-order valence-electron chi connectivity index (χ2n) is 5.08. The monoisotopic (exact) mass is 273 g/mol. The van der Waals surface area contributed by atoms with Crippen molar-refractivity contribution in [2.45, 2.75) is 19.4 Å². The molecule has 1 aromatic carbocycles. The molecule has 0 saturated heterocycles. The molecule has 0 fully saturated rings. The number of hydrogen-bond acceptors (Lipinski definition) is 2. The third kappa shape index (κ3) is 2.52. The van der Waals surface area contributed by atoms with Crippen LogP contribution >= 0.6 is 0 Å². The van der Waals surface area contributed by atoms with Crippen molar-refractivity contribution < 1.29 is 9.18 Å². The highest BCUT2D eigenvalue weighted by molar-refractivity contribution is 5.94. The molecule has 0 bridgehead atoms. The van der Waals surface area contributed by atoms with Gasteiger partial charge in [0.05, 0.1) is 5.69 Å². The summed E-state index contributed by atoms with van der Waals surface area (Å²) in [5, 5.41) is 5.85. The van der Waals surface area contributed by atoms with Gasteiger partial charge in [-0.25, -0.2) is 4.39 Å². The summed E-state index contributed by atoms with van der Waals surface area (Å²) < 4.78 is 15.9. The molecule has 3 rings (SSSR count). The Bertz CT molecular complexity index is 663. The van der Waals surface area contributed by atoms with Gasteiger partial charge < -0.3 is 15.2 Å². The van der Waals surface area contributed by atoms with E-state index in [0.29, 0.717) is 30.8 Å². The standard InChI is InChI=1S/C15H16FN3O/c1-19-5-4-10(9-19)8-17-14-7-13-11(6-12(14)16)2-3-15(20)18-13/h4-7,9,17H,2-3,8H2,1H3,(H,18,20). The Morgan fingerprint density at radius 1 is 1.40 bits per heavy atom. The van der Waals surface area contributed by atoms with E-state index in [1.165, 1.54) is 6.07 Å². The molecule has 1 aliphatic heterocycles. The number of halogens is 1. The Labute approximate surface area is 116 Å². The van der Waals surface area contributed by atoms with Gasteiger partial charge in [0.25, 0.3) is 0 Å². The third-order valence-corrected chi connectivity index (χ3v) is 3.46. The van der Waals surface area contributed by atoms with Gasteiger partial charge in [0.1, 0.15) is 5.82 Å². The number of anilines is 2. The summed E-state index contributed by atoms with van der Waals surface area (Å²) in [6.45, 7) is 0.546. The number of fused-ring (bicyclic) bond motifs is 1. The first-order chi connectivity index (χ1) is 9.61. The van der Waals surface area contributed by atoms with Crippen molar-refractivity contribution in [3.8, 4) is 0 Å². The summed E-state index contributed by atoms with van der Waals surface area (Å²) in [4.78, 5) is 11.4. The van der Waals surface area contributed by atoms with Crippen molar-refractivity contribution in [3.63, 3.8) is 0 Å². The number of carbonyl (C=O) groups excluding carboxylic acids is 1. The highest BCUT2D eigenvalue weighted by Crippen LogP contribution is 2.28. The number of rotatable bonds is 3. The zero-order chi connectivity index (χ0) is 14.1.